The van der Waals surface area contributed by atoms with E-state index in [1.807, 2.05) is 13.8 Å². The van der Waals surface area contributed by atoms with E-state index in [-0.39, 0.29) is 5.41 Å². The minimum absolute atomic E-state index is 0.325. The van der Waals surface area contributed by atoms with E-state index in [9.17, 15) is 4.79 Å². The molecule has 1 rings (SSSR count). The Balaban J connectivity index is 2.45. The van der Waals surface area contributed by atoms with Crippen LogP contribution in [0.4, 0.5) is 0 Å². The largest absolute Gasteiger partial charge is 0.492 e. The van der Waals surface area contributed by atoms with Crippen molar-refractivity contribution in [1.29, 1.82) is 5.26 Å². The lowest BCUT2D eigenvalue weighted by atomic mass is 9.90. The number of ether oxygens (including phenoxy) is 1. The summed E-state index contributed by atoms with van der Waals surface area (Å²) in [6, 6.07) is 7.16. The van der Waals surface area contributed by atoms with Crippen molar-refractivity contribution in [3.63, 3.8) is 0 Å². The standard InChI is InChI=1S/C14H16ClNO2/c1-14(2,10-16)6-3-7-18-13-5-4-11(9-17)8-12(13)15/h4-5,8-9H,3,6-7H2,1-2H3. The maximum atomic E-state index is 10.5. The monoisotopic (exact) mass is 265 g/mol. The van der Waals surface area contributed by atoms with Crippen molar-refractivity contribution in [3.05, 3.63) is 28.8 Å². The molecule has 3 nitrogen and oxygen atoms in total. The van der Waals surface area contributed by atoms with Gasteiger partial charge in [0.1, 0.15) is 12.0 Å². The number of aldehydes is 1. The quantitative estimate of drug-likeness (QED) is 0.580. The molecular weight excluding hydrogens is 250 g/mol. The van der Waals surface area contributed by atoms with Crippen molar-refractivity contribution in [2.45, 2.75) is 26.7 Å². The predicted octanol–water partition coefficient (Wildman–Crippen LogP) is 3.86. The van der Waals surface area contributed by atoms with Crippen LogP contribution < -0.4 is 4.74 Å². The maximum Gasteiger partial charge on any atom is 0.150 e. The van der Waals surface area contributed by atoms with Crippen LogP contribution in [-0.4, -0.2) is 12.9 Å². The van der Waals surface area contributed by atoms with Gasteiger partial charge in [0.25, 0.3) is 0 Å². The molecule has 0 aliphatic carbocycles. The van der Waals surface area contributed by atoms with Crippen LogP contribution in [-0.2, 0) is 0 Å². The molecule has 0 aliphatic rings. The van der Waals surface area contributed by atoms with E-state index in [1.165, 1.54) is 0 Å². The molecule has 0 aromatic heterocycles. The van der Waals surface area contributed by atoms with E-state index in [0.717, 1.165) is 19.1 Å². The zero-order chi connectivity index (χ0) is 13.6. The summed E-state index contributed by atoms with van der Waals surface area (Å²) in [7, 11) is 0. The van der Waals surface area contributed by atoms with Crippen molar-refractivity contribution < 1.29 is 9.53 Å². The van der Waals surface area contributed by atoms with Crippen LogP contribution in [0.2, 0.25) is 5.02 Å². The first-order chi connectivity index (χ1) is 8.48. The molecule has 1 aromatic rings. The summed E-state index contributed by atoms with van der Waals surface area (Å²) in [4.78, 5) is 10.5. The third kappa shape index (κ3) is 4.38. The van der Waals surface area contributed by atoms with Gasteiger partial charge in [0.05, 0.1) is 23.1 Å². The Labute approximate surface area is 112 Å². The minimum atomic E-state index is -0.325. The van der Waals surface area contributed by atoms with E-state index in [2.05, 4.69) is 6.07 Å². The van der Waals surface area contributed by atoms with Crippen LogP contribution in [0.5, 0.6) is 5.75 Å². The first kappa shape index (κ1) is 14.5. The summed E-state index contributed by atoms with van der Waals surface area (Å²) >= 11 is 5.97. The van der Waals surface area contributed by atoms with Gasteiger partial charge in [-0.2, -0.15) is 5.26 Å². The molecule has 0 amide bonds. The van der Waals surface area contributed by atoms with Gasteiger partial charge in [0.15, 0.2) is 0 Å². The van der Waals surface area contributed by atoms with Crippen LogP contribution in [0.25, 0.3) is 0 Å². The van der Waals surface area contributed by atoms with Crippen molar-refractivity contribution in [2.24, 2.45) is 5.41 Å². The van der Waals surface area contributed by atoms with Crippen molar-refractivity contribution in [2.75, 3.05) is 6.61 Å². The summed E-state index contributed by atoms with van der Waals surface area (Å²) in [5.74, 6) is 0.567. The van der Waals surface area contributed by atoms with Crippen LogP contribution in [0.15, 0.2) is 18.2 Å². The van der Waals surface area contributed by atoms with E-state index in [1.54, 1.807) is 18.2 Å². The van der Waals surface area contributed by atoms with Gasteiger partial charge < -0.3 is 4.74 Å². The zero-order valence-electron chi connectivity index (χ0n) is 10.6. The second-order valence-corrected chi connectivity index (χ2v) is 5.16. The molecule has 0 radical (unpaired) electrons. The topological polar surface area (TPSA) is 50.1 Å². The molecule has 0 N–H and O–H groups in total. The highest BCUT2D eigenvalue weighted by Crippen LogP contribution is 2.26. The molecule has 0 bridgehead atoms. The first-order valence-corrected chi connectivity index (χ1v) is 6.15. The lowest BCUT2D eigenvalue weighted by Gasteiger charge is -2.15. The van der Waals surface area contributed by atoms with Gasteiger partial charge in [0, 0.05) is 5.56 Å². The van der Waals surface area contributed by atoms with Crippen LogP contribution >= 0.6 is 11.6 Å². The number of carbonyl (C=O) groups excluding carboxylic acids is 1. The second-order valence-electron chi connectivity index (χ2n) is 4.76. The molecule has 0 saturated carbocycles. The molecule has 0 fully saturated rings. The van der Waals surface area contributed by atoms with Crippen molar-refractivity contribution in [3.8, 4) is 11.8 Å². The number of nitriles is 1. The first-order valence-electron chi connectivity index (χ1n) is 5.77. The Bertz CT molecular complexity index is 463. The van der Waals surface area contributed by atoms with E-state index in [4.69, 9.17) is 21.6 Å². The highest BCUT2D eigenvalue weighted by atomic mass is 35.5. The van der Waals surface area contributed by atoms with Gasteiger partial charge in [-0.1, -0.05) is 11.6 Å². The fourth-order valence-electron chi connectivity index (χ4n) is 1.46. The summed E-state index contributed by atoms with van der Waals surface area (Å²) in [6.07, 6.45) is 2.30. The number of benzene rings is 1. The Morgan fingerprint density at radius 1 is 1.50 bits per heavy atom. The SMILES string of the molecule is CC(C)(C#N)CCCOc1ccc(C=O)cc1Cl. The molecule has 0 unspecified atom stereocenters. The number of hydrogen-bond acceptors (Lipinski definition) is 3. The number of halogens is 1. The van der Waals surface area contributed by atoms with Crippen LogP contribution in [0.1, 0.15) is 37.0 Å². The van der Waals surface area contributed by atoms with Crippen molar-refractivity contribution >= 4 is 17.9 Å². The lowest BCUT2D eigenvalue weighted by molar-refractivity contribution is 0.112. The number of nitrogens with zero attached hydrogens (tertiary/aromatic N) is 1. The predicted molar refractivity (Wildman–Crippen MR) is 71.0 cm³/mol. The van der Waals surface area contributed by atoms with Gasteiger partial charge in [-0.25, -0.2) is 0 Å². The number of hydrogen-bond donors (Lipinski definition) is 0. The Kier molecular flexibility index (Phi) is 5.18. The van der Waals surface area contributed by atoms with Gasteiger partial charge in [-0.05, 0) is 44.9 Å². The maximum absolute atomic E-state index is 10.5. The zero-order valence-corrected chi connectivity index (χ0v) is 11.3. The lowest BCUT2D eigenvalue weighted by Crippen LogP contribution is -2.10. The summed E-state index contributed by atoms with van der Waals surface area (Å²) in [5.41, 5.74) is 0.201. The Morgan fingerprint density at radius 2 is 2.22 bits per heavy atom. The smallest absolute Gasteiger partial charge is 0.150 e. The molecule has 0 atom stereocenters. The Hall–Kier alpha value is -1.53. The Morgan fingerprint density at radius 3 is 2.78 bits per heavy atom. The van der Waals surface area contributed by atoms with E-state index >= 15 is 0 Å². The summed E-state index contributed by atoms with van der Waals surface area (Å²) in [5, 5.41) is 9.30. The second kappa shape index (κ2) is 6.42. The van der Waals surface area contributed by atoms with Gasteiger partial charge >= 0.3 is 0 Å². The minimum Gasteiger partial charge on any atom is -0.492 e. The summed E-state index contributed by atoms with van der Waals surface area (Å²) in [6.45, 7) is 4.31. The highest BCUT2D eigenvalue weighted by molar-refractivity contribution is 6.32. The van der Waals surface area contributed by atoms with E-state index < -0.39 is 0 Å². The average Bonchev–Trinajstić information content (AvgIpc) is 2.36. The molecular formula is C14H16ClNO2. The fourth-order valence-corrected chi connectivity index (χ4v) is 1.70. The molecule has 96 valence electrons. The molecule has 0 spiro atoms. The molecule has 0 saturated heterocycles. The van der Waals surface area contributed by atoms with Gasteiger partial charge in [0.2, 0.25) is 0 Å². The average molecular weight is 266 g/mol. The van der Waals surface area contributed by atoms with Gasteiger partial charge in [-0.3, -0.25) is 4.79 Å². The van der Waals surface area contributed by atoms with Crippen LogP contribution in [0, 0.1) is 16.7 Å². The normalized spacial score (nSPS) is 10.8. The molecule has 0 heterocycles. The van der Waals surface area contributed by atoms with Crippen LogP contribution in [0.3, 0.4) is 0 Å². The third-order valence-corrected chi connectivity index (χ3v) is 2.89. The van der Waals surface area contributed by atoms with Gasteiger partial charge in [-0.15, -0.1) is 0 Å². The molecule has 18 heavy (non-hydrogen) atoms. The number of rotatable bonds is 6. The molecule has 4 heteroatoms. The molecule has 1 aromatic carbocycles. The van der Waals surface area contributed by atoms with Crippen molar-refractivity contribution in [1.82, 2.24) is 0 Å². The third-order valence-electron chi connectivity index (χ3n) is 2.60. The molecule has 0 aliphatic heterocycles. The highest BCUT2D eigenvalue weighted by Gasteiger charge is 2.15. The number of carbonyl (C=O) groups is 1. The fraction of sp³-hybridized carbons (Fsp3) is 0.429. The van der Waals surface area contributed by atoms with E-state index in [0.29, 0.717) is 22.9 Å². The summed E-state index contributed by atoms with van der Waals surface area (Å²) < 4.78 is 5.52.